The molecule has 2 rings (SSSR count). The highest BCUT2D eigenvalue weighted by molar-refractivity contribution is 9.10. The molecule has 0 spiro atoms. The maximum Gasteiger partial charge on any atom is 0.0928 e. The standard InChI is InChI=1S/C12H9BrCl2S/c1-7-10(13)6-11(16-7)12(15)8-2-4-9(14)5-3-8/h2-6,12H,1H3. The first-order chi connectivity index (χ1) is 7.58. The number of aryl methyl sites for hydroxylation is 1. The quantitative estimate of drug-likeness (QED) is 0.608. The van der Waals surface area contributed by atoms with E-state index in [-0.39, 0.29) is 5.38 Å². The Bertz CT molecular complexity index is 471. The summed E-state index contributed by atoms with van der Waals surface area (Å²) in [6, 6.07) is 9.72. The molecule has 2 aromatic rings. The molecular weight excluding hydrogens is 327 g/mol. The number of alkyl halides is 1. The van der Waals surface area contributed by atoms with E-state index in [9.17, 15) is 0 Å². The zero-order valence-corrected chi connectivity index (χ0v) is 12.4. The fourth-order valence-electron chi connectivity index (χ4n) is 1.40. The van der Waals surface area contributed by atoms with Crippen molar-refractivity contribution in [2.75, 3.05) is 0 Å². The summed E-state index contributed by atoms with van der Waals surface area (Å²) in [7, 11) is 0. The second-order valence-corrected chi connectivity index (χ2v) is 6.48. The van der Waals surface area contributed by atoms with Crippen LogP contribution in [0.3, 0.4) is 0 Å². The van der Waals surface area contributed by atoms with Gasteiger partial charge in [0, 0.05) is 19.2 Å². The van der Waals surface area contributed by atoms with Crippen LogP contribution in [0.5, 0.6) is 0 Å². The minimum atomic E-state index is -0.104. The van der Waals surface area contributed by atoms with Gasteiger partial charge in [-0.25, -0.2) is 0 Å². The fraction of sp³-hybridized carbons (Fsp3) is 0.167. The lowest BCUT2D eigenvalue weighted by Gasteiger charge is -2.07. The second-order valence-electron chi connectivity index (χ2n) is 3.47. The summed E-state index contributed by atoms with van der Waals surface area (Å²) < 4.78 is 1.12. The van der Waals surface area contributed by atoms with E-state index in [2.05, 4.69) is 28.9 Å². The molecule has 16 heavy (non-hydrogen) atoms. The van der Waals surface area contributed by atoms with Crippen LogP contribution in [0.2, 0.25) is 5.02 Å². The largest absolute Gasteiger partial charge is 0.143 e. The summed E-state index contributed by atoms with van der Waals surface area (Å²) in [6.07, 6.45) is 0. The monoisotopic (exact) mass is 334 g/mol. The van der Waals surface area contributed by atoms with Gasteiger partial charge in [-0.15, -0.1) is 22.9 Å². The van der Waals surface area contributed by atoms with Crippen LogP contribution in [0.15, 0.2) is 34.8 Å². The molecule has 0 N–H and O–H groups in total. The molecule has 84 valence electrons. The molecule has 1 aromatic heterocycles. The van der Waals surface area contributed by atoms with Gasteiger partial charge < -0.3 is 0 Å². The van der Waals surface area contributed by atoms with E-state index in [0.29, 0.717) is 0 Å². The van der Waals surface area contributed by atoms with E-state index >= 15 is 0 Å². The lowest BCUT2D eigenvalue weighted by Crippen LogP contribution is -1.88. The number of hydrogen-bond acceptors (Lipinski definition) is 1. The average molecular weight is 336 g/mol. The Balaban J connectivity index is 2.31. The van der Waals surface area contributed by atoms with Gasteiger partial charge in [0.2, 0.25) is 0 Å². The lowest BCUT2D eigenvalue weighted by atomic mass is 10.1. The number of hydrogen-bond donors (Lipinski definition) is 0. The van der Waals surface area contributed by atoms with Gasteiger partial charge >= 0.3 is 0 Å². The third kappa shape index (κ3) is 2.62. The third-order valence-electron chi connectivity index (χ3n) is 2.29. The predicted octanol–water partition coefficient (Wildman–Crippen LogP) is 5.80. The Morgan fingerprint density at radius 2 is 1.88 bits per heavy atom. The molecule has 1 heterocycles. The summed E-state index contributed by atoms with van der Waals surface area (Å²) in [5.74, 6) is 0. The molecule has 0 saturated heterocycles. The van der Waals surface area contributed by atoms with Crippen molar-refractivity contribution >= 4 is 50.5 Å². The Kier molecular flexibility index (Phi) is 3.96. The number of benzene rings is 1. The van der Waals surface area contributed by atoms with Gasteiger partial charge in [0.05, 0.1) is 5.38 Å². The first-order valence-corrected chi connectivity index (χ1v) is 7.15. The Morgan fingerprint density at radius 3 is 2.38 bits per heavy atom. The van der Waals surface area contributed by atoms with Crippen molar-refractivity contribution in [2.24, 2.45) is 0 Å². The summed E-state index contributed by atoms with van der Waals surface area (Å²) in [5.41, 5.74) is 1.07. The van der Waals surface area contributed by atoms with Crippen molar-refractivity contribution in [3.05, 3.63) is 55.1 Å². The van der Waals surface area contributed by atoms with Crippen molar-refractivity contribution in [3.8, 4) is 0 Å². The van der Waals surface area contributed by atoms with Crippen LogP contribution in [0.4, 0.5) is 0 Å². The Hall–Kier alpha value is -0.0200. The van der Waals surface area contributed by atoms with Crippen LogP contribution in [0, 0.1) is 6.92 Å². The number of thiophene rings is 1. The topological polar surface area (TPSA) is 0 Å². The normalized spacial score (nSPS) is 12.8. The van der Waals surface area contributed by atoms with Crippen molar-refractivity contribution in [3.63, 3.8) is 0 Å². The molecular formula is C12H9BrCl2S. The van der Waals surface area contributed by atoms with E-state index < -0.39 is 0 Å². The molecule has 0 amide bonds. The lowest BCUT2D eigenvalue weighted by molar-refractivity contribution is 1.18. The number of rotatable bonds is 2. The van der Waals surface area contributed by atoms with Gasteiger partial charge in [0.25, 0.3) is 0 Å². The molecule has 0 radical (unpaired) electrons. The van der Waals surface area contributed by atoms with Gasteiger partial charge in [0.15, 0.2) is 0 Å². The molecule has 0 aliphatic carbocycles. The zero-order chi connectivity index (χ0) is 11.7. The molecule has 1 unspecified atom stereocenters. The van der Waals surface area contributed by atoms with Crippen molar-refractivity contribution in [1.29, 1.82) is 0 Å². The average Bonchev–Trinajstić information content (AvgIpc) is 2.59. The highest BCUT2D eigenvalue weighted by Gasteiger charge is 2.14. The van der Waals surface area contributed by atoms with E-state index in [1.165, 1.54) is 4.88 Å². The third-order valence-corrected chi connectivity index (χ3v) is 5.36. The first-order valence-electron chi connectivity index (χ1n) is 4.73. The first kappa shape index (κ1) is 12.4. The molecule has 0 saturated carbocycles. The SMILES string of the molecule is Cc1sc(C(Cl)c2ccc(Cl)cc2)cc1Br. The summed E-state index contributed by atoms with van der Waals surface area (Å²) >= 11 is 17.5. The molecule has 0 aliphatic rings. The maximum atomic E-state index is 6.42. The second kappa shape index (κ2) is 5.09. The van der Waals surface area contributed by atoms with Gasteiger partial charge in [-0.2, -0.15) is 0 Å². The van der Waals surface area contributed by atoms with Crippen molar-refractivity contribution in [2.45, 2.75) is 12.3 Å². The van der Waals surface area contributed by atoms with E-state index in [0.717, 1.165) is 19.9 Å². The van der Waals surface area contributed by atoms with Crippen LogP contribution in [0.1, 0.15) is 20.7 Å². The van der Waals surface area contributed by atoms with Crippen LogP contribution >= 0.6 is 50.5 Å². The minimum absolute atomic E-state index is 0.104. The smallest absolute Gasteiger partial charge is 0.0928 e. The molecule has 0 fully saturated rings. The molecule has 0 nitrogen and oxygen atoms in total. The molecule has 0 aliphatic heterocycles. The molecule has 0 bridgehead atoms. The van der Waals surface area contributed by atoms with Crippen LogP contribution < -0.4 is 0 Å². The van der Waals surface area contributed by atoms with Gasteiger partial charge in [-0.05, 0) is 46.6 Å². The molecule has 1 atom stereocenters. The highest BCUT2D eigenvalue weighted by Crippen LogP contribution is 2.37. The minimum Gasteiger partial charge on any atom is -0.143 e. The van der Waals surface area contributed by atoms with Gasteiger partial charge in [-0.1, -0.05) is 23.7 Å². The Labute approximate surface area is 117 Å². The highest BCUT2D eigenvalue weighted by atomic mass is 79.9. The summed E-state index contributed by atoms with van der Waals surface area (Å²) in [5, 5.41) is 0.628. The summed E-state index contributed by atoms with van der Waals surface area (Å²) in [6.45, 7) is 2.07. The maximum absolute atomic E-state index is 6.42. The molecule has 4 heteroatoms. The van der Waals surface area contributed by atoms with Crippen LogP contribution in [0.25, 0.3) is 0 Å². The zero-order valence-electron chi connectivity index (χ0n) is 8.51. The van der Waals surface area contributed by atoms with E-state index in [1.54, 1.807) is 11.3 Å². The van der Waals surface area contributed by atoms with Crippen molar-refractivity contribution < 1.29 is 0 Å². The van der Waals surface area contributed by atoms with E-state index in [1.807, 2.05) is 24.3 Å². The van der Waals surface area contributed by atoms with Gasteiger partial charge in [0.1, 0.15) is 0 Å². The van der Waals surface area contributed by atoms with Crippen molar-refractivity contribution in [1.82, 2.24) is 0 Å². The molecule has 1 aromatic carbocycles. The predicted molar refractivity (Wildman–Crippen MR) is 75.9 cm³/mol. The number of halogens is 3. The summed E-state index contributed by atoms with van der Waals surface area (Å²) in [4.78, 5) is 2.39. The van der Waals surface area contributed by atoms with E-state index in [4.69, 9.17) is 23.2 Å². The van der Waals surface area contributed by atoms with Gasteiger partial charge in [-0.3, -0.25) is 0 Å². The van der Waals surface area contributed by atoms with Crippen LogP contribution in [-0.4, -0.2) is 0 Å². The fourth-order valence-corrected chi connectivity index (χ4v) is 3.44. The Morgan fingerprint density at radius 1 is 1.25 bits per heavy atom. The van der Waals surface area contributed by atoms with Crippen LogP contribution in [-0.2, 0) is 0 Å².